The van der Waals surface area contributed by atoms with Gasteiger partial charge in [0, 0.05) is 10.0 Å². The van der Waals surface area contributed by atoms with Crippen molar-refractivity contribution < 1.29 is 13.2 Å². The second-order valence-corrected chi connectivity index (χ2v) is 13.0. The van der Waals surface area contributed by atoms with E-state index < -0.39 is 20.0 Å². The van der Waals surface area contributed by atoms with E-state index in [2.05, 4.69) is 61.0 Å². The van der Waals surface area contributed by atoms with Gasteiger partial charge < -0.3 is 4.43 Å². The molecular formula is C23H23BrF2OSi. The third kappa shape index (κ3) is 3.97. The highest BCUT2D eigenvalue weighted by Gasteiger charge is 2.50. The smallest absolute Gasteiger partial charge is 0.261 e. The van der Waals surface area contributed by atoms with Gasteiger partial charge in [-0.1, -0.05) is 97.4 Å². The lowest BCUT2D eigenvalue weighted by molar-refractivity contribution is 0.274. The van der Waals surface area contributed by atoms with Crippen molar-refractivity contribution in [2.45, 2.75) is 32.4 Å². The van der Waals surface area contributed by atoms with Crippen LogP contribution >= 0.6 is 15.9 Å². The van der Waals surface area contributed by atoms with Crippen LogP contribution in [0.3, 0.4) is 0 Å². The van der Waals surface area contributed by atoms with Crippen LogP contribution in [0.1, 0.15) is 26.3 Å². The molecule has 28 heavy (non-hydrogen) atoms. The van der Waals surface area contributed by atoms with Gasteiger partial charge >= 0.3 is 0 Å². The Morgan fingerprint density at radius 1 is 0.821 bits per heavy atom. The van der Waals surface area contributed by atoms with Crippen molar-refractivity contribution in [1.82, 2.24) is 0 Å². The van der Waals surface area contributed by atoms with Gasteiger partial charge in [-0.3, -0.25) is 0 Å². The molecular weight excluding hydrogens is 438 g/mol. The summed E-state index contributed by atoms with van der Waals surface area (Å²) in [7, 11) is -2.84. The summed E-state index contributed by atoms with van der Waals surface area (Å²) in [6.07, 6.45) is 0. The Labute approximate surface area is 174 Å². The van der Waals surface area contributed by atoms with E-state index in [0.717, 1.165) is 10.4 Å². The molecule has 0 heterocycles. The van der Waals surface area contributed by atoms with E-state index in [0.29, 0.717) is 4.47 Å². The zero-order valence-corrected chi connectivity index (χ0v) is 18.8. The van der Waals surface area contributed by atoms with Crippen molar-refractivity contribution in [3.05, 3.63) is 94.5 Å². The first-order valence-electron chi connectivity index (χ1n) is 9.14. The molecule has 0 aliphatic heterocycles. The first-order valence-corrected chi connectivity index (χ1v) is 11.8. The van der Waals surface area contributed by atoms with Crippen LogP contribution in [0.25, 0.3) is 0 Å². The molecule has 3 aromatic rings. The van der Waals surface area contributed by atoms with Gasteiger partial charge in [0.05, 0.1) is 6.61 Å². The molecule has 0 aliphatic rings. The Morgan fingerprint density at radius 2 is 1.25 bits per heavy atom. The highest BCUT2D eigenvalue weighted by molar-refractivity contribution is 9.10. The van der Waals surface area contributed by atoms with Gasteiger partial charge in [0.15, 0.2) is 0 Å². The number of halogens is 3. The van der Waals surface area contributed by atoms with Crippen molar-refractivity contribution in [3.8, 4) is 0 Å². The number of hydrogen-bond donors (Lipinski definition) is 0. The van der Waals surface area contributed by atoms with Crippen LogP contribution in [0.4, 0.5) is 8.78 Å². The number of rotatable bonds is 5. The molecule has 0 radical (unpaired) electrons. The molecule has 5 heteroatoms. The van der Waals surface area contributed by atoms with Crippen LogP contribution in [0, 0.1) is 11.6 Å². The normalized spacial score (nSPS) is 12.2. The summed E-state index contributed by atoms with van der Waals surface area (Å²) in [5, 5.41) is 1.90. The second-order valence-electron chi connectivity index (χ2n) is 7.80. The molecule has 3 rings (SSSR count). The molecule has 0 unspecified atom stereocenters. The molecule has 0 bridgehead atoms. The van der Waals surface area contributed by atoms with E-state index >= 15 is 0 Å². The van der Waals surface area contributed by atoms with Crippen LogP contribution in [-0.2, 0) is 11.0 Å². The minimum atomic E-state index is -2.84. The summed E-state index contributed by atoms with van der Waals surface area (Å²) in [5.41, 5.74) is -0.0452. The molecule has 1 nitrogen and oxygen atoms in total. The monoisotopic (exact) mass is 460 g/mol. The first kappa shape index (κ1) is 20.9. The van der Waals surface area contributed by atoms with Crippen LogP contribution < -0.4 is 10.4 Å². The van der Waals surface area contributed by atoms with Gasteiger partial charge in [0.2, 0.25) is 0 Å². The average molecular weight is 461 g/mol. The van der Waals surface area contributed by atoms with E-state index in [1.54, 1.807) is 0 Å². The number of benzene rings is 3. The fourth-order valence-corrected chi connectivity index (χ4v) is 8.57. The molecule has 0 aromatic heterocycles. The third-order valence-electron chi connectivity index (χ3n) is 4.96. The van der Waals surface area contributed by atoms with Gasteiger partial charge in [-0.15, -0.1) is 0 Å². The summed E-state index contributed by atoms with van der Waals surface area (Å²) in [6, 6.07) is 22.6. The maximum Gasteiger partial charge on any atom is 0.261 e. The average Bonchev–Trinajstić information content (AvgIpc) is 2.64. The molecule has 0 N–H and O–H groups in total. The summed E-state index contributed by atoms with van der Waals surface area (Å²) < 4.78 is 35.9. The highest BCUT2D eigenvalue weighted by Crippen LogP contribution is 2.37. The topological polar surface area (TPSA) is 9.23 Å². The third-order valence-corrected chi connectivity index (χ3v) is 10.4. The van der Waals surface area contributed by atoms with Crippen LogP contribution in [0.5, 0.6) is 0 Å². The Bertz CT molecular complexity index is 877. The predicted octanol–water partition coefficient (Wildman–Crippen LogP) is 5.80. The lowest BCUT2D eigenvalue weighted by atomic mass is 10.2. The Hall–Kier alpha value is -1.82. The first-order chi connectivity index (χ1) is 13.3. The molecule has 0 amide bonds. The summed E-state index contributed by atoms with van der Waals surface area (Å²) in [6.45, 7) is 6.27. The maximum atomic E-state index is 14.5. The van der Waals surface area contributed by atoms with Crippen molar-refractivity contribution in [2.75, 3.05) is 0 Å². The summed E-state index contributed by atoms with van der Waals surface area (Å²) in [5.74, 6) is -1.21. The molecule has 0 saturated carbocycles. The van der Waals surface area contributed by atoms with Crippen molar-refractivity contribution in [2.24, 2.45) is 0 Å². The Balaban J connectivity index is 2.14. The van der Waals surface area contributed by atoms with Crippen molar-refractivity contribution >= 4 is 34.6 Å². The molecule has 0 atom stereocenters. The summed E-state index contributed by atoms with van der Waals surface area (Å²) >= 11 is 3.13. The van der Waals surface area contributed by atoms with Gasteiger partial charge in [0.1, 0.15) is 11.6 Å². The van der Waals surface area contributed by atoms with E-state index in [1.807, 2.05) is 36.4 Å². The largest absolute Gasteiger partial charge is 0.403 e. The Morgan fingerprint density at radius 3 is 1.64 bits per heavy atom. The molecule has 0 aliphatic carbocycles. The molecule has 0 saturated heterocycles. The fourth-order valence-electron chi connectivity index (χ4n) is 3.65. The zero-order valence-electron chi connectivity index (χ0n) is 16.2. The molecule has 0 fully saturated rings. The maximum absolute atomic E-state index is 14.5. The van der Waals surface area contributed by atoms with Gasteiger partial charge in [-0.2, -0.15) is 0 Å². The minimum absolute atomic E-state index is 0.0452. The molecule has 3 aromatic carbocycles. The van der Waals surface area contributed by atoms with Crippen molar-refractivity contribution in [1.29, 1.82) is 0 Å². The van der Waals surface area contributed by atoms with E-state index in [4.69, 9.17) is 4.43 Å². The van der Waals surface area contributed by atoms with Gasteiger partial charge in [0.25, 0.3) is 8.32 Å². The quantitative estimate of drug-likeness (QED) is 0.436. The Kier molecular flexibility index (Phi) is 6.17. The lowest BCUT2D eigenvalue weighted by Crippen LogP contribution is -2.66. The van der Waals surface area contributed by atoms with Crippen LogP contribution in [-0.4, -0.2) is 8.32 Å². The molecule has 146 valence electrons. The lowest BCUT2D eigenvalue weighted by Gasteiger charge is -2.43. The SMILES string of the molecule is CC(C)(C)[Si](OCc1c(F)cc(Br)cc1F)(c1ccccc1)c1ccccc1. The van der Waals surface area contributed by atoms with E-state index in [1.165, 1.54) is 12.1 Å². The minimum Gasteiger partial charge on any atom is -0.403 e. The van der Waals surface area contributed by atoms with Crippen LogP contribution in [0.15, 0.2) is 77.3 Å². The molecule has 0 spiro atoms. The van der Waals surface area contributed by atoms with E-state index in [-0.39, 0.29) is 17.2 Å². The standard InChI is InChI=1S/C23H23BrF2OSi/c1-23(2,3)28(18-10-6-4-7-11-18,19-12-8-5-9-13-19)27-16-20-21(25)14-17(24)15-22(20)26/h4-15H,16H2,1-3H3. The highest BCUT2D eigenvalue weighted by atomic mass is 79.9. The van der Waals surface area contributed by atoms with Gasteiger partial charge in [-0.25, -0.2) is 8.78 Å². The number of hydrogen-bond acceptors (Lipinski definition) is 1. The van der Waals surface area contributed by atoms with E-state index in [9.17, 15) is 8.78 Å². The second kappa shape index (κ2) is 8.27. The zero-order chi connectivity index (χ0) is 20.4. The van der Waals surface area contributed by atoms with Crippen LogP contribution in [0.2, 0.25) is 5.04 Å². The predicted molar refractivity (Wildman–Crippen MR) is 116 cm³/mol. The fraction of sp³-hybridized carbons (Fsp3) is 0.217. The summed E-state index contributed by atoms with van der Waals surface area (Å²) in [4.78, 5) is 0. The van der Waals surface area contributed by atoms with Gasteiger partial charge in [-0.05, 0) is 27.5 Å². The van der Waals surface area contributed by atoms with Crippen molar-refractivity contribution in [3.63, 3.8) is 0 Å².